The van der Waals surface area contributed by atoms with Crippen molar-refractivity contribution >= 4 is 11.8 Å². The van der Waals surface area contributed by atoms with Crippen LogP contribution < -0.4 is 10.6 Å². The Hall–Kier alpha value is -1.82. The van der Waals surface area contributed by atoms with Crippen LogP contribution in [0.15, 0.2) is 23.0 Å². The lowest BCUT2D eigenvalue weighted by atomic mass is 9.97. The van der Waals surface area contributed by atoms with Crippen molar-refractivity contribution in [3.8, 4) is 0 Å². The van der Waals surface area contributed by atoms with Gasteiger partial charge in [-0.05, 0) is 44.2 Å². The summed E-state index contributed by atoms with van der Waals surface area (Å²) in [5.41, 5.74) is 0.597. The topological polar surface area (TPSA) is 74.6 Å². The first-order chi connectivity index (χ1) is 10.7. The van der Waals surface area contributed by atoms with Crippen LogP contribution in [-0.2, 0) is 4.79 Å². The smallest absolute Gasteiger partial charge is 0.257 e. The Bertz CT molecular complexity index is 509. The third-order valence-electron chi connectivity index (χ3n) is 4.52. The van der Waals surface area contributed by atoms with Gasteiger partial charge in [-0.15, -0.1) is 0 Å². The van der Waals surface area contributed by atoms with Crippen molar-refractivity contribution < 1.29 is 14.0 Å². The van der Waals surface area contributed by atoms with Crippen LogP contribution in [0.4, 0.5) is 0 Å². The lowest BCUT2D eigenvalue weighted by molar-refractivity contribution is -0.123. The van der Waals surface area contributed by atoms with Crippen LogP contribution in [-0.4, -0.2) is 48.9 Å². The molecule has 0 aliphatic carbocycles. The quantitative estimate of drug-likeness (QED) is 0.870. The molecular weight excluding hydrogens is 282 g/mol. The van der Waals surface area contributed by atoms with Gasteiger partial charge < -0.3 is 20.0 Å². The first-order valence-corrected chi connectivity index (χ1v) is 8.06. The maximum absolute atomic E-state index is 12.3. The average molecular weight is 305 g/mol. The molecule has 0 spiro atoms. The van der Waals surface area contributed by atoms with E-state index in [-0.39, 0.29) is 17.9 Å². The zero-order valence-electron chi connectivity index (χ0n) is 12.7. The van der Waals surface area contributed by atoms with E-state index in [0.717, 1.165) is 38.8 Å². The SMILES string of the molecule is O=C(NCC1CCCN(C(=O)c2ccoc2)C1)C1CCCN1. The summed E-state index contributed by atoms with van der Waals surface area (Å²) >= 11 is 0. The molecule has 3 rings (SSSR count). The second kappa shape index (κ2) is 6.96. The molecule has 2 aliphatic rings. The minimum Gasteiger partial charge on any atom is -0.472 e. The first kappa shape index (κ1) is 15.1. The number of furan rings is 1. The summed E-state index contributed by atoms with van der Waals surface area (Å²) in [6.45, 7) is 3.04. The molecule has 2 N–H and O–H groups in total. The average Bonchev–Trinajstić information content (AvgIpc) is 3.25. The van der Waals surface area contributed by atoms with E-state index in [1.54, 1.807) is 6.07 Å². The van der Waals surface area contributed by atoms with Crippen LogP contribution in [0.5, 0.6) is 0 Å². The van der Waals surface area contributed by atoms with E-state index in [9.17, 15) is 9.59 Å². The first-order valence-electron chi connectivity index (χ1n) is 8.06. The number of carbonyl (C=O) groups is 2. The van der Waals surface area contributed by atoms with Gasteiger partial charge in [-0.25, -0.2) is 0 Å². The summed E-state index contributed by atoms with van der Waals surface area (Å²) in [5, 5.41) is 6.23. The Labute approximate surface area is 130 Å². The maximum atomic E-state index is 12.3. The molecule has 0 bridgehead atoms. The normalized spacial score (nSPS) is 25.2. The van der Waals surface area contributed by atoms with Crippen molar-refractivity contribution in [2.75, 3.05) is 26.2 Å². The lowest BCUT2D eigenvalue weighted by Crippen LogP contribution is -2.46. The molecule has 2 amide bonds. The minimum atomic E-state index is -0.0349. The second-order valence-corrected chi connectivity index (χ2v) is 6.17. The van der Waals surface area contributed by atoms with Gasteiger partial charge >= 0.3 is 0 Å². The molecule has 22 heavy (non-hydrogen) atoms. The van der Waals surface area contributed by atoms with Gasteiger partial charge in [-0.3, -0.25) is 9.59 Å². The molecule has 6 heteroatoms. The Kier molecular flexibility index (Phi) is 4.77. The van der Waals surface area contributed by atoms with E-state index in [2.05, 4.69) is 10.6 Å². The summed E-state index contributed by atoms with van der Waals surface area (Å²) in [6.07, 6.45) is 7.01. The zero-order valence-corrected chi connectivity index (χ0v) is 12.7. The molecule has 1 aromatic heterocycles. The molecule has 0 aromatic carbocycles. The van der Waals surface area contributed by atoms with E-state index in [1.165, 1.54) is 12.5 Å². The van der Waals surface area contributed by atoms with Crippen LogP contribution in [0.1, 0.15) is 36.0 Å². The fourth-order valence-corrected chi connectivity index (χ4v) is 3.26. The summed E-state index contributed by atoms with van der Waals surface area (Å²) in [6, 6.07) is 1.66. The number of hydrogen-bond donors (Lipinski definition) is 2. The summed E-state index contributed by atoms with van der Waals surface area (Å²) in [7, 11) is 0. The molecule has 1 aromatic rings. The summed E-state index contributed by atoms with van der Waals surface area (Å²) in [4.78, 5) is 26.2. The van der Waals surface area contributed by atoms with Gasteiger partial charge in [-0.1, -0.05) is 0 Å². The van der Waals surface area contributed by atoms with Gasteiger partial charge in [-0.2, -0.15) is 0 Å². The van der Waals surface area contributed by atoms with Crippen LogP contribution in [0.2, 0.25) is 0 Å². The highest BCUT2D eigenvalue weighted by Crippen LogP contribution is 2.18. The van der Waals surface area contributed by atoms with E-state index < -0.39 is 0 Å². The summed E-state index contributed by atoms with van der Waals surface area (Å²) < 4.78 is 4.98. The number of piperidine rings is 1. The second-order valence-electron chi connectivity index (χ2n) is 6.17. The fourth-order valence-electron chi connectivity index (χ4n) is 3.26. The zero-order chi connectivity index (χ0) is 15.4. The van der Waals surface area contributed by atoms with Crippen molar-refractivity contribution in [2.24, 2.45) is 5.92 Å². The fraction of sp³-hybridized carbons (Fsp3) is 0.625. The predicted octanol–water partition coefficient (Wildman–Crippen LogP) is 1.000. The van der Waals surface area contributed by atoms with Gasteiger partial charge in [0, 0.05) is 19.6 Å². The Morgan fingerprint density at radius 1 is 1.36 bits per heavy atom. The van der Waals surface area contributed by atoms with Crippen molar-refractivity contribution in [2.45, 2.75) is 31.7 Å². The standard InChI is InChI=1S/C16H23N3O3/c20-15(14-4-1-6-17-14)18-9-12-3-2-7-19(10-12)16(21)13-5-8-22-11-13/h5,8,11-12,14,17H,1-4,6-7,9-10H2,(H,18,20). The van der Waals surface area contributed by atoms with Crippen LogP contribution in [0.25, 0.3) is 0 Å². The number of nitrogens with zero attached hydrogens (tertiary/aromatic N) is 1. The van der Waals surface area contributed by atoms with Gasteiger partial charge in [0.05, 0.1) is 17.9 Å². The van der Waals surface area contributed by atoms with Gasteiger partial charge in [0.2, 0.25) is 5.91 Å². The maximum Gasteiger partial charge on any atom is 0.257 e. The number of hydrogen-bond acceptors (Lipinski definition) is 4. The molecule has 120 valence electrons. The minimum absolute atomic E-state index is 0.0160. The molecule has 0 radical (unpaired) electrons. The third kappa shape index (κ3) is 3.50. The van der Waals surface area contributed by atoms with Crippen molar-refractivity contribution in [1.29, 1.82) is 0 Å². The predicted molar refractivity (Wildman–Crippen MR) is 81.4 cm³/mol. The van der Waals surface area contributed by atoms with Crippen molar-refractivity contribution in [1.82, 2.24) is 15.5 Å². The van der Waals surface area contributed by atoms with Crippen molar-refractivity contribution in [3.63, 3.8) is 0 Å². The highest BCUT2D eigenvalue weighted by atomic mass is 16.3. The highest BCUT2D eigenvalue weighted by molar-refractivity contribution is 5.93. The van der Waals surface area contributed by atoms with E-state index in [1.807, 2.05) is 4.90 Å². The highest BCUT2D eigenvalue weighted by Gasteiger charge is 2.27. The number of amides is 2. The molecule has 2 aliphatic heterocycles. The van der Waals surface area contributed by atoms with Crippen LogP contribution >= 0.6 is 0 Å². The molecule has 6 nitrogen and oxygen atoms in total. The molecule has 2 unspecified atom stereocenters. The van der Waals surface area contributed by atoms with Crippen LogP contribution in [0.3, 0.4) is 0 Å². The molecule has 2 atom stereocenters. The van der Waals surface area contributed by atoms with E-state index in [4.69, 9.17) is 4.42 Å². The Morgan fingerprint density at radius 2 is 2.27 bits per heavy atom. The lowest BCUT2D eigenvalue weighted by Gasteiger charge is -2.32. The molecule has 2 fully saturated rings. The number of carbonyl (C=O) groups excluding carboxylic acids is 2. The van der Waals surface area contributed by atoms with E-state index >= 15 is 0 Å². The van der Waals surface area contributed by atoms with Gasteiger partial charge in [0.15, 0.2) is 0 Å². The van der Waals surface area contributed by atoms with Gasteiger partial charge in [0.25, 0.3) is 5.91 Å². The Morgan fingerprint density at radius 3 is 3.00 bits per heavy atom. The number of likely N-dealkylation sites (tertiary alicyclic amines) is 1. The monoisotopic (exact) mass is 305 g/mol. The largest absolute Gasteiger partial charge is 0.472 e. The number of rotatable bonds is 4. The van der Waals surface area contributed by atoms with Crippen LogP contribution in [0, 0.1) is 5.92 Å². The van der Waals surface area contributed by atoms with E-state index in [0.29, 0.717) is 24.6 Å². The number of nitrogens with one attached hydrogen (secondary N) is 2. The van der Waals surface area contributed by atoms with Crippen molar-refractivity contribution in [3.05, 3.63) is 24.2 Å². The molecule has 2 saturated heterocycles. The third-order valence-corrected chi connectivity index (χ3v) is 4.52. The molecular formula is C16H23N3O3. The molecule has 3 heterocycles. The Balaban J connectivity index is 1.48. The summed E-state index contributed by atoms with van der Waals surface area (Å²) in [5.74, 6) is 0.438. The molecule has 0 saturated carbocycles. The van der Waals surface area contributed by atoms with Gasteiger partial charge in [0.1, 0.15) is 6.26 Å².